The largest absolute Gasteiger partial charge is 0.350 e. The lowest BCUT2D eigenvalue weighted by Crippen LogP contribution is -2.33. The van der Waals surface area contributed by atoms with Gasteiger partial charge in [-0.25, -0.2) is 0 Å². The van der Waals surface area contributed by atoms with Crippen LogP contribution in [0, 0.1) is 10.1 Å². The molecule has 0 bridgehead atoms. The molecule has 19 heavy (non-hydrogen) atoms. The molecule has 0 heterocycles. The van der Waals surface area contributed by atoms with Crippen molar-refractivity contribution in [1.82, 2.24) is 5.32 Å². The summed E-state index contributed by atoms with van der Waals surface area (Å²) in [4.78, 5) is 22.5. The molecule has 1 N–H and O–H groups in total. The fourth-order valence-electron chi connectivity index (χ4n) is 1.66. The molecule has 104 valence electrons. The van der Waals surface area contributed by atoms with Gasteiger partial charge in [0.05, 0.1) is 4.92 Å². The first-order chi connectivity index (χ1) is 8.79. The molecule has 2 atom stereocenters. The third-order valence-corrected chi connectivity index (χ3v) is 3.24. The van der Waals surface area contributed by atoms with Crippen LogP contribution in [0.15, 0.2) is 22.7 Å². The smallest absolute Gasteiger partial charge is 0.271 e. The minimum atomic E-state index is -0.522. The summed E-state index contributed by atoms with van der Waals surface area (Å²) in [7, 11) is 0. The Balaban J connectivity index is 2.85. The third-order valence-electron chi connectivity index (χ3n) is 2.41. The second kappa shape index (κ2) is 7.00. The number of alkyl halides is 1. The Hall–Kier alpha value is -0.950. The van der Waals surface area contributed by atoms with Crippen LogP contribution in [0.1, 0.15) is 30.6 Å². The lowest BCUT2D eigenvalue weighted by Gasteiger charge is -2.15. The zero-order valence-corrected chi connectivity index (χ0v) is 13.7. The average Bonchev–Trinajstić information content (AvgIpc) is 2.26. The number of hydrogen-bond donors (Lipinski definition) is 1. The summed E-state index contributed by atoms with van der Waals surface area (Å²) in [5.41, 5.74) is 0.163. The van der Waals surface area contributed by atoms with Crippen LogP contribution in [0.3, 0.4) is 0 Å². The van der Waals surface area contributed by atoms with Crippen LogP contribution in [0.4, 0.5) is 5.69 Å². The molecule has 0 spiro atoms. The monoisotopic (exact) mass is 392 g/mol. The summed E-state index contributed by atoms with van der Waals surface area (Å²) in [6.07, 6.45) is 0.780. The quantitative estimate of drug-likeness (QED) is 0.471. The van der Waals surface area contributed by atoms with E-state index in [1.165, 1.54) is 12.1 Å². The number of carbonyl (C=O) groups excluding carboxylic acids is 1. The van der Waals surface area contributed by atoms with Crippen molar-refractivity contribution >= 4 is 43.5 Å². The van der Waals surface area contributed by atoms with Crippen molar-refractivity contribution in [2.45, 2.75) is 31.1 Å². The highest BCUT2D eigenvalue weighted by molar-refractivity contribution is 9.10. The molecule has 0 saturated heterocycles. The van der Waals surface area contributed by atoms with Gasteiger partial charge in [0.15, 0.2) is 0 Å². The van der Waals surface area contributed by atoms with Gasteiger partial charge in [0, 0.05) is 33.0 Å². The standard InChI is InChI=1S/C12H14Br2N2O3/c1-7(13)3-8(2)15-12(17)9-4-10(14)6-11(5-9)16(18)19/h4-8H,3H2,1-2H3,(H,15,17). The van der Waals surface area contributed by atoms with Gasteiger partial charge in [0.2, 0.25) is 0 Å². The number of hydrogen-bond acceptors (Lipinski definition) is 3. The Morgan fingerprint density at radius 2 is 2.05 bits per heavy atom. The van der Waals surface area contributed by atoms with Crippen LogP contribution < -0.4 is 5.32 Å². The molecule has 1 amide bonds. The summed E-state index contributed by atoms with van der Waals surface area (Å²) in [6.45, 7) is 3.88. The molecular weight excluding hydrogens is 380 g/mol. The Morgan fingerprint density at radius 3 is 2.58 bits per heavy atom. The molecule has 0 radical (unpaired) electrons. The number of benzene rings is 1. The molecule has 0 aromatic heterocycles. The van der Waals surface area contributed by atoms with E-state index in [2.05, 4.69) is 37.2 Å². The molecule has 2 unspecified atom stereocenters. The summed E-state index contributed by atoms with van der Waals surface area (Å²) in [5, 5.41) is 13.6. The molecule has 5 nitrogen and oxygen atoms in total. The van der Waals surface area contributed by atoms with Gasteiger partial charge in [-0.1, -0.05) is 38.8 Å². The highest BCUT2D eigenvalue weighted by Gasteiger charge is 2.16. The Morgan fingerprint density at radius 1 is 1.42 bits per heavy atom. The first-order valence-electron chi connectivity index (χ1n) is 5.69. The minimum absolute atomic E-state index is 0.0140. The number of rotatable bonds is 5. The topological polar surface area (TPSA) is 72.2 Å². The zero-order chi connectivity index (χ0) is 14.6. The second-order valence-electron chi connectivity index (χ2n) is 4.35. The maximum Gasteiger partial charge on any atom is 0.271 e. The van der Waals surface area contributed by atoms with E-state index in [0.717, 1.165) is 6.42 Å². The SMILES string of the molecule is CC(Br)CC(C)NC(=O)c1cc(Br)cc([N+](=O)[O-])c1. The van der Waals surface area contributed by atoms with Crippen LogP contribution in [-0.4, -0.2) is 21.7 Å². The number of nitro groups is 1. The Kier molecular flexibility index (Phi) is 5.93. The van der Waals surface area contributed by atoms with Gasteiger partial charge in [-0.15, -0.1) is 0 Å². The van der Waals surface area contributed by atoms with Gasteiger partial charge in [-0.05, 0) is 19.4 Å². The van der Waals surface area contributed by atoms with E-state index in [1.54, 1.807) is 6.07 Å². The number of amides is 1. The first kappa shape index (κ1) is 16.1. The van der Waals surface area contributed by atoms with Gasteiger partial charge in [0.1, 0.15) is 0 Å². The van der Waals surface area contributed by atoms with E-state index in [4.69, 9.17) is 0 Å². The van der Waals surface area contributed by atoms with Crippen LogP contribution >= 0.6 is 31.9 Å². The van der Waals surface area contributed by atoms with Crippen LogP contribution in [0.2, 0.25) is 0 Å². The first-order valence-corrected chi connectivity index (χ1v) is 7.40. The van der Waals surface area contributed by atoms with Gasteiger partial charge in [0.25, 0.3) is 11.6 Å². The lowest BCUT2D eigenvalue weighted by molar-refractivity contribution is -0.385. The molecule has 0 saturated carbocycles. The van der Waals surface area contributed by atoms with Crippen molar-refractivity contribution in [2.75, 3.05) is 0 Å². The minimum Gasteiger partial charge on any atom is -0.350 e. The third kappa shape index (κ3) is 5.28. The predicted octanol–water partition coefficient (Wildman–Crippen LogP) is 3.65. The van der Waals surface area contributed by atoms with E-state index in [-0.39, 0.29) is 23.2 Å². The van der Waals surface area contributed by atoms with Gasteiger partial charge in [-0.3, -0.25) is 14.9 Å². The summed E-state index contributed by atoms with van der Waals surface area (Å²) >= 11 is 6.58. The summed E-state index contributed by atoms with van der Waals surface area (Å²) in [5.74, 6) is -0.315. The van der Waals surface area contributed by atoms with E-state index in [9.17, 15) is 14.9 Å². The Labute approximate surface area is 128 Å². The summed E-state index contributed by atoms with van der Waals surface area (Å²) < 4.78 is 0.508. The number of nitrogens with zero attached hydrogens (tertiary/aromatic N) is 1. The molecule has 1 aromatic carbocycles. The van der Waals surface area contributed by atoms with Crippen LogP contribution in [0.5, 0.6) is 0 Å². The van der Waals surface area contributed by atoms with Gasteiger partial charge >= 0.3 is 0 Å². The molecule has 1 rings (SSSR count). The Bertz CT molecular complexity index is 492. The molecule has 1 aromatic rings. The fraction of sp³-hybridized carbons (Fsp3) is 0.417. The highest BCUT2D eigenvalue weighted by atomic mass is 79.9. The zero-order valence-electron chi connectivity index (χ0n) is 10.5. The maximum absolute atomic E-state index is 12.0. The molecule has 0 aliphatic rings. The van der Waals surface area contributed by atoms with Gasteiger partial charge in [-0.2, -0.15) is 0 Å². The second-order valence-corrected chi connectivity index (χ2v) is 6.83. The van der Waals surface area contributed by atoms with E-state index < -0.39 is 4.92 Å². The van der Waals surface area contributed by atoms with Crippen molar-refractivity contribution in [2.24, 2.45) is 0 Å². The van der Waals surface area contributed by atoms with Crippen molar-refractivity contribution in [3.63, 3.8) is 0 Å². The van der Waals surface area contributed by atoms with E-state index in [0.29, 0.717) is 9.30 Å². The number of nitrogens with one attached hydrogen (secondary N) is 1. The number of halogens is 2. The molecular formula is C12H14Br2N2O3. The normalized spacial score (nSPS) is 13.7. The van der Waals surface area contributed by atoms with Crippen molar-refractivity contribution in [3.8, 4) is 0 Å². The highest BCUT2D eigenvalue weighted by Crippen LogP contribution is 2.21. The van der Waals surface area contributed by atoms with E-state index >= 15 is 0 Å². The van der Waals surface area contributed by atoms with Crippen LogP contribution in [-0.2, 0) is 0 Å². The number of non-ortho nitro benzene ring substituents is 1. The number of nitro benzene ring substituents is 1. The van der Waals surface area contributed by atoms with Crippen molar-refractivity contribution in [1.29, 1.82) is 0 Å². The molecule has 0 aliphatic heterocycles. The number of carbonyl (C=O) groups is 1. The van der Waals surface area contributed by atoms with Gasteiger partial charge < -0.3 is 5.32 Å². The molecule has 0 aliphatic carbocycles. The van der Waals surface area contributed by atoms with E-state index in [1.807, 2.05) is 13.8 Å². The average molecular weight is 394 g/mol. The fourth-order valence-corrected chi connectivity index (χ4v) is 2.71. The summed E-state index contributed by atoms with van der Waals surface area (Å²) in [6, 6.07) is 4.18. The predicted molar refractivity (Wildman–Crippen MR) is 80.7 cm³/mol. The molecule has 0 fully saturated rings. The van der Waals surface area contributed by atoms with Crippen molar-refractivity contribution < 1.29 is 9.72 Å². The maximum atomic E-state index is 12.0. The lowest BCUT2D eigenvalue weighted by atomic mass is 10.1. The van der Waals surface area contributed by atoms with Crippen molar-refractivity contribution in [3.05, 3.63) is 38.3 Å². The molecule has 7 heteroatoms. The van der Waals surface area contributed by atoms with Crippen LogP contribution in [0.25, 0.3) is 0 Å².